The fourth-order valence-electron chi connectivity index (χ4n) is 4.23. The minimum Gasteiger partial charge on any atom is -0.490 e. The first kappa shape index (κ1) is 27.3. The second-order valence-corrected chi connectivity index (χ2v) is 8.92. The average Bonchev–Trinajstić information content (AvgIpc) is 3.38. The summed E-state index contributed by atoms with van der Waals surface area (Å²) in [6.07, 6.45) is 3.69. The number of aliphatic hydroxyl groups is 2. The van der Waals surface area contributed by atoms with Crippen LogP contribution in [-0.4, -0.2) is 57.1 Å². The van der Waals surface area contributed by atoms with Gasteiger partial charge in [0.15, 0.2) is 0 Å². The summed E-state index contributed by atoms with van der Waals surface area (Å²) >= 11 is 0. The van der Waals surface area contributed by atoms with Crippen molar-refractivity contribution in [1.29, 1.82) is 0 Å². The number of aromatic nitrogens is 3. The maximum absolute atomic E-state index is 11.2. The highest BCUT2D eigenvalue weighted by molar-refractivity contribution is 5.76. The van der Waals surface area contributed by atoms with E-state index in [0.717, 1.165) is 46.4 Å². The molecule has 0 aliphatic rings. The molecule has 2 heterocycles. The number of aliphatic hydroxyl groups excluding tert-OH is 2. The highest BCUT2D eigenvalue weighted by Gasteiger charge is 2.18. The summed E-state index contributed by atoms with van der Waals surface area (Å²) < 4.78 is 11.5. The predicted octanol–water partition coefficient (Wildman–Crippen LogP) is 3.73. The number of carbonyl (C=O) groups is 1. The second-order valence-electron chi connectivity index (χ2n) is 8.92. The number of benzene rings is 1. The lowest BCUT2D eigenvalue weighted by Crippen LogP contribution is -2.36. The zero-order valence-corrected chi connectivity index (χ0v) is 21.7. The molecular formula is C27H36N4O5. The van der Waals surface area contributed by atoms with Crippen molar-refractivity contribution in [2.75, 3.05) is 19.8 Å². The van der Waals surface area contributed by atoms with Crippen LogP contribution in [-0.2, 0) is 11.2 Å². The molecule has 36 heavy (non-hydrogen) atoms. The van der Waals surface area contributed by atoms with E-state index in [1.807, 2.05) is 32.0 Å². The minimum absolute atomic E-state index is 0.00350. The Morgan fingerprint density at radius 2 is 1.83 bits per heavy atom. The summed E-state index contributed by atoms with van der Waals surface area (Å²) in [7, 11) is 0. The maximum atomic E-state index is 11.2. The molecule has 0 spiro atoms. The van der Waals surface area contributed by atoms with Crippen molar-refractivity contribution in [2.24, 2.45) is 0 Å². The van der Waals surface area contributed by atoms with Gasteiger partial charge in [-0.3, -0.25) is 9.78 Å². The molecule has 3 N–H and O–H groups in total. The number of rotatable bonds is 12. The summed E-state index contributed by atoms with van der Waals surface area (Å²) in [4.78, 5) is 20.5. The van der Waals surface area contributed by atoms with Gasteiger partial charge in [-0.2, -0.15) is 4.98 Å². The van der Waals surface area contributed by atoms with E-state index in [4.69, 9.17) is 19.4 Å². The first-order valence-corrected chi connectivity index (χ1v) is 12.4. The Morgan fingerprint density at radius 1 is 1.11 bits per heavy atom. The van der Waals surface area contributed by atoms with E-state index in [0.29, 0.717) is 29.8 Å². The highest BCUT2D eigenvalue weighted by Crippen LogP contribution is 2.32. The van der Waals surface area contributed by atoms with Crippen molar-refractivity contribution in [1.82, 2.24) is 20.4 Å². The molecule has 9 nitrogen and oxygen atoms in total. The van der Waals surface area contributed by atoms with Gasteiger partial charge in [0.2, 0.25) is 11.7 Å². The molecule has 3 aromatic rings. The normalized spacial score (nSPS) is 12.1. The molecule has 0 saturated carbocycles. The molecule has 2 aromatic heterocycles. The second kappa shape index (κ2) is 12.6. The zero-order chi connectivity index (χ0) is 26.2. The van der Waals surface area contributed by atoms with E-state index in [1.165, 1.54) is 0 Å². The lowest BCUT2D eigenvalue weighted by atomic mass is 9.95. The fraction of sp³-hybridized carbons (Fsp3) is 0.481. The summed E-state index contributed by atoms with van der Waals surface area (Å²) in [6, 6.07) is 5.92. The molecule has 0 saturated heterocycles. The average molecular weight is 497 g/mol. The molecule has 0 aliphatic heterocycles. The standard InChI is InChI=1S/C27H36N4O5/c1-6-18(7-2)24-16(4)9-21(12-29-24)27-30-26(31-36-27)20-10-17(5)25(19(8-3)11-20)35-15-22(33)13-28-23(34)14-32/h9-12,18,22,32-33H,6-8,13-15H2,1-5H3,(H,28,34)/t22-/m0/s1. The zero-order valence-electron chi connectivity index (χ0n) is 21.7. The van der Waals surface area contributed by atoms with Gasteiger partial charge in [0.05, 0.1) is 5.56 Å². The van der Waals surface area contributed by atoms with Gasteiger partial charge >= 0.3 is 0 Å². The van der Waals surface area contributed by atoms with Crippen LogP contribution < -0.4 is 10.1 Å². The van der Waals surface area contributed by atoms with Gasteiger partial charge in [-0.1, -0.05) is 25.9 Å². The molecule has 0 aliphatic carbocycles. The minimum atomic E-state index is -0.905. The lowest BCUT2D eigenvalue weighted by Gasteiger charge is -2.17. The Morgan fingerprint density at radius 3 is 2.47 bits per heavy atom. The molecule has 0 radical (unpaired) electrons. The van der Waals surface area contributed by atoms with Crippen LogP contribution in [0, 0.1) is 13.8 Å². The van der Waals surface area contributed by atoms with Crippen molar-refractivity contribution in [2.45, 2.75) is 65.9 Å². The van der Waals surface area contributed by atoms with Crippen molar-refractivity contribution in [3.63, 3.8) is 0 Å². The van der Waals surface area contributed by atoms with Gasteiger partial charge in [-0.05, 0) is 68.0 Å². The van der Waals surface area contributed by atoms with Crippen molar-refractivity contribution in [3.8, 4) is 28.6 Å². The SMILES string of the molecule is CCc1cc(-c2noc(-c3cnc(C(CC)CC)c(C)c3)n2)cc(C)c1OC[C@@H](O)CNC(=O)CO. The van der Waals surface area contributed by atoms with Gasteiger partial charge in [0.1, 0.15) is 25.1 Å². The topological polar surface area (TPSA) is 131 Å². The van der Waals surface area contributed by atoms with E-state index in [9.17, 15) is 9.90 Å². The van der Waals surface area contributed by atoms with E-state index in [-0.39, 0.29) is 13.2 Å². The lowest BCUT2D eigenvalue weighted by molar-refractivity contribution is -0.124. The van der Waals surface area contributed by atoms with Crippen LogP contribution in [0.2, 0.25) is 0 Å². The van der Waals surface area contributed by atoms with E-state index in [2.05, 4.69) is 36.2 Å². The third-order valence-corrected chi connectivity index (χ3v) is 6.25. The first-order valence-electron chi connectivity index (χ1n) is 12.4. The Bertz CT molecular complexity index is 1170. The number of ether oxygens (including phenoxy) is 1. The van der Waals surface area contributed by atoms with Gasteiger partial charge in [-0.25, -0.2) is 0 Å². The van der Waals surface area contributed by atoms with Crippen LogP contribution in [0.15, 0.2) is 28.9 Å². The molecule has 194 valence electrons. The summed E-state index contributed by atoms with van der Waals surface area (Å²) in [5.74, 6) is 1.46. The molecule has 1 atom stereocenters. The highest BCUT2D eigenvalue weighted by atomic mass is 16.5. The van der Waals surface area contributed by atoms with Gasteiger partial charge in [0.25, 0.3) is 5.89 Å². The fourth-order valence-corrected chi connectivity index (χ4v) is 4.23. The number of pyridine rings is 1. The molecule has 9 heteroatoms. The molecule has 0 unspecified atom stereocenters. The van der Waals surface area contributed by atoms with Crippen LogP contribution >= 0.6 is 0 Å². The van der Waals surface area contributed by atoms with E-state index in [1.54, 1.807) is 6.20 Å². The van der Waals surface area contributed by atoms with Crippen molar-refractivity contribution in [3.05, 3.63) is 46.8 Å². The number of hydrogen-bond acceptors (Lipinski definition) is 8. The van der Waals surface area contributed by atoms with Gasteiger partial charge in [0, 0.05) is 29.9 Å². The number of nitrogens with one attached hydrogen (secondary N) is 1. The molecular weight excluding hydrogens is 460 g/mol. The van der Waals surface area contributed by atoms with Gasteiger partial charge in [-0.15, -0.1) is 0 Å². The largest absolute Gasteiger partial charge is 0.490 e. The Balaban J connectivity index is 1.78. The number of aryl methyl sites for hydroxylation is 3. The van der Waals surface area contributed by atoms with Crippen LogP contribution in [0.25, 0.3) is 22.8 Å². The molecule has 0 fully saturated rings. The third kappa shape index (κ3) is 6.47. The van der Waals surface area contributed by atoms with Gasteiger partial charge < -0.3 is 24.8 Å². The van der Waals surface area contributed by atoms with E-state index < -0.39 is 18.6 Å². The summed E-state index contributed by atoms with van der Waals surface area (Å²) in [5.41, 5.74) is 5.63. The van der Waals surface area contributed by atoms with Crippen LogP contribution in [0.4, 0.5) is 0 Å². The Hall–Kier alpha value is -3.30. The Kier molecular flexibility index (Phi) is 9.55. The molecule has 0 bridgehead atoms. The number of amides is 1. The quantitative estimate of drug-likeness (QED) is 0.346. The first-order chi connectivity index (χ1) is 17.3. The summed E-state index contributed by atoms with van der Waals surface area (Å²) in [5, 5.41) is 25.5. The van der Waals surface area contributed by atoms with Crippen LogP contribution in [0.1, 0.15) is 61.9 Å². The number of carbonyl (C=O) groups excluding carboxylic acids is 1. The summed E-state index contributed by atoms with van der Waals surface area (Å²) in [6.45, 7) is 9.74. The molecule has 3 rings (SSSR count). The van der Waals surface area contributed by atoms with Crippen LogP contribution in [0.3, 0.4) is 0 Å². The Labute approximate surface area is 211 Å². The van der Waals surface area contributed by atoms with E-state index >= 15 is 0 Å². The molecule has 1 aromatic carbocycles. The monoisotopic (exact) mass is 496 g/mol. The third-order valence-electron chi connectivity index (χ3n) is 6.25. The van der Waals surface area contributed by atoms with Crippen molar-refractivity contribution >= 4 is 5.91 Å². The van der Waals surface area contributed by atoms with Crippen molar-refractivity contribution < 1.29 is 24.3 Å². The molecule has 1 amide bonds. The van der Waals surface area contributed by atoms with Crippen LogP contribution in [0.5, 0.6) is 5.75 Å². The number of hydrogen-bond donors (Lipinski definition) is 3. The maximum Gasteiger partial charge on any atom is 0.259 e. The number of nitrogens with zero attached hydrogens (tertiary/aromatic N) is 3. The smallest absolute Gasteiger partial charge is 0.259 e. The predicted molar refractivity (Wildman–Crippen MR) is 137 cm³/mol.